The van der Waals surface area contributed by atoms with Gasteiger partial charge in [0.2, 0.25) is 0 Å². The van der Waals surface area contributed by atoms with Crippen molar-refractivity contribution in [2.45, 2.75) is 68.2 Å². The van der Waals surface area contributed by atoms with Crippen LogP contribution in [0.3, 0.4) is 0 Å². The average Bonchev–Trinajstić information content (AvgIpc) is 2.13. The van der Waals surface area contributed by atoms with E-state index in [0.29, 0.717) is 0 Å². The van der Waals surface area contributed by atoms with Crippen LogP contribution >= 0.6 is 0 Å². The van der Waals surface area contributed by atoms with Crippen molar-refractivity contribution in [2.24, 2.45) is 35.5 Å². The fourth-order valence-corrected chi connectivity index (χ4v) is 2.88. The molecule has 0 rings (SSSR count). The van der Waals surface area contributed by atoms with Crippen molar-refractivity contribution >= 4 is 0 Å². The molecule has 0 aliphatic carbocycles. The van der Waals surface area contributed by atoms with Crippen molar-refractivity contribution in [3.05, 3.63) is 0 Å². The summed E-state index contributed by atoms with van der Waals surface area (Å²) in [7, 11) is 0. The van der Waals surface area contributed by atoms with Crippen molar-refractivity contribution in [3.63, 3.8) is 0 Å². The Bertz CT molecular complexity index is 169. The largest absolute Gasteiger partial charge is 0.0628 e. The Morgan fingerprint density at radius 3 is 1.50 bits per heavy atom. The molecule has 0 heteroatoms. The molecule has 0 saturated carbocycles. The van der Waals surface area contributed by atoms with Crippen LogP contribution in [-0.4, -0.2) is 0 Å². The molecule has 0 N–H and O–H groups in total. The van der Waals surface area contributed by atoms with Gasteiger partial charge in [0.05, 0.1) is 0 Å². The van der Waals surface area contributed by atoms with E-state index < -0.39 is 0 Å². The first-order chi connectivity index (χ1) is 7.25. The summed E-state index contributed by atoms with van der Waals surface area (Å²) in [6.07, 6.45) is 2.78. The lowest BCUT2D eigenvalue weighted by atomic mass is 9.75. The minimum Gasteiger partial charge on any atom is -0.0628 e. The van der Waals surface area contributed by atoms with Gasteiger partial charge in [0.1, 0.15) is 0 Å². The Morgan fingerprint density at radius 1 is 0.625 bits per heavy atom. The predicted octanol–water partition coefficient (Wildman–Crippen LogP) is 5.62. The van der Waals surface area contributed by atoms with Gasteiger partial charge in [-0.2, -0.15) is 0 Å². The quantitative estimate of drug-likeness (QED) is 0.528. The predicted molar refractivity (Wildman–Crippen MR) is 75.6 cm³/mol. The first kappa shape index (κ1) is 16.0. The van der Waals surface area contributed by atoms with Crippen LogP contribution < -0.4 is 0 Å². The lowest BCUT2D eigenvalue weighted by Gasteiger charge is -2.30. The summed E-state index contributed by atoms with van der Waals surface area (Å²) in [4.78, 5) is 0. The zero-order valence-corrected chi connectivity index (χ0v) is 12.9. The molecule has 4 unspecified atom stereocenters. The van der Waals surface area contributed by atoms with Crippen LogP contribution in [0.4, 0.5) is 0 Å². The molecule has 0 saturated heterocycles. The van der Waals surface area contributed by atoms with Crippen molar-refractivity contribution in [1.29, 1.82) is 0 Å². The molecule has 16 heavy (non-hydrogen) atoms. The minimum atomic E-state index is 0.817. The van der Waals surface area contributed by atoms with Crippen LogP contribution in [0.1, 0.15) is 68.2 Å². The van der Waals surface area contributed by atoms with Gasteiger partial charge in [0.25, 0.3) is 0 Å². The number of hydrogen-bond donors (Lipinski definition) is 0. The summed E-state index contributed by atoms with van der Waals surface area (Å²) in [5, 5.41) is 0. The Hall–Kier alpha value is 0. The van der Waals surface area contributed by atoms with E-state index in [9.17, 15) is 0 Å². The summed E-state index contributed by atoms with van der Waals surface area (Å²) in [5.74, 6) is 5.12. The van der Waals surface area contributed by atoms with Gasteiger partial charge in [-0.15, -0.1) is 0 Å². The van der Waals surface area contributed by atoms with Gasteiger partial charge in [-0.05, 0) is 48.3 Å². The third-order valence-corrected chi connectivity index (χ3v) is 4.43. The normalized spacial score (nSPS) is 19.9. The Morgan fingerprint density at radius 2 is 1.12 bits per heavy atom. The molecule has 0 aliphatic heterocycles. The van der Waals surface area contributed by atoms with Crippen LogP contribution in [0, 0.1) is 35.5 Å². The fraction of sp³-hybridized carbons (Fsp3) is 1.00. The third kappa shape index (κ3) is 5.92. The zero-order valence-electron chi connectivity index (χ0n) is 12.9. The smallest absolute Gasteiger partial charge is 0.0389 e. The van der Waals surface area contributed by atoms with Gasteiger partial charge in [-0.3, -0.25) is 0 Å². The van der Waals surface area contributed by atoms with E-state index in [1.54, 1.807) is 0 Å². The molecule has 0 nitrogen and oxygen atoms in total. The first-order valence-electron chi connectivity index (χ1n) is 7.25. The van der Waals surface area contributed by atoms with Crippen molar-refractivity contribution in [3.8, 4) is 0 Å². The standard InChI is InChI=1S/C16H34/c1-11(2)9-13(5)10-14(6)16(8)15(7)12(3)4/h11-16H,9-10H2,1-8H3. The second kappa shape index (κ2) is 7.35. The van der Waals surface area contributed by atoms with E-state index in [2.05, 4.69) is 55.4 Å². The van der Waals surface area contributed by atoms with E-state index in [-0.39, 0.29) is 0 Å². The van der Waals surface area contributed by atoms with Crippen molar-refractivity contribution in [2.75, 3.05) is 0 Å². The molecule has 0 fully saturated rings. The van der Waals surface area contributed by atoms with Gasteiger partial charge in [-0.25, -0.2) is 0 Å². The topological polar surface area (TPSA) is 0 Å². The fourth-order valence-electron chi connectivity index (χ4n) is 2.88. The highest BCUT2D eigenvalue weighted by atomic mass is 14.3. The summed E-state index contributed by atoms with van der Waals surface area (Å²) >= 11 is 0. The van der Waals surface area contributed by atoms with E-state index in [4.69, 9.17) is 0 Å². The lowest BCUT2D eigenvalue weighted by molar-refractivity contribution is 0.192. The summed E-state index contributed by atoms with van der Waals surface area (Å²) in [6.45, 7) is 19.1. The highest BCUT2D eigenvalue weighted by Crippen LogP contribution is 2.31. The average molecular weight is 226 g/mol. The molecular weight excluding hydrogens is 192 g/mol. The van der Waals surface area contributed by atoms with Gasteiger partial charge in [-0.1, -0.05) is 55.4 Å². The maximum absolute atomic E-state index is 2.44. The van der Waals surface area contributed by atoms with E-state index in [0.717, 1.165) is 35.5 Å². The molecule has 0 aromatic rings. The molecular formula is C16H34. The summed E-state index contributed by atoms with van der Waals surface area (Å²) in [5.41, 5.74) is 0. The Balaban J connectivity index is 4.09. The van der Waals surface area contributed by atoms with Crippen molar-refractivity contribution < 1.29 is 0 Å². The van der Waals surface area contributed by atoms with Gasteiger partial charge in [0.15, 0.2) is 0 Å². The molecule has 0 heterocycles. The molecule has 0 spiro atoms. The molecule has 0 amide bonds. The lowest BCUT2D eigenvalue weighted by Crippen LogP contribution is -2.22. The second-order valence-corrected chi connectivity index (χ2v) is 6.91. The number of hydrogen-bond acceptors (Lipinski definition) is 0. The van der Waals surface area contributed by atoms with E-state index in [1.165, 1.54) is 12.8 Å². The Kier molecular flexibility index (Phi) is 7.35. The SMILES string of the molecule is CC(C)CC(C)CC(C)C(C)C(C)C(C)C. The summed E-state index contributed by atoms with van der Waals surface area (Å²) < 4.78 is 0. The first-order valence-corrected chi connectivity index (χ1v) is 7.25. The van der Waals surface area contributed by atoms with E-state index >= 15 is 0 Å². The van der Waals surface area contributed by atoms with E-state index in [1.807, 2.05) is 0 Å². The van der Waals surface area contributed by atoms with Crippen LogP contribution in [0.5, 0.6) is 0 Å². The second-order valence-electron chi connectivity index (χ2n) is 6.91. The molecule has 0 radical (unpaired) electrons. The molecule has 0 aliphatic rings. The highest BCUT2D eigenvalue weighted by Gasteiger charge is 2.22. The Labute approximate surface area is 104 Å². The molecule has 98 valence electrons. The summed E-state index contributed by atoms with van der Waals surface area (Å²) in [6, 6.07) is 0. The number of rotatable bonds is 7. The van der Waals surface area contributed by atoms with Crippen LogP contribution in [-0.2, 0) is 0 Å². The van der Waals surface area contributed by atoms with Crippen LogP contribution in [0.15, 0.2) is 0 Å². The molecule has 0 aromatic heterocycles. The zero-order chi connectivity index (χ0) is 12.9. The van der Waals surface area contributed by atoms with Gasteiger partial charge in [0, 0.05) is 0 Å². The van der Waals surface area contributed by atoms with Crippen molar-refractivity contribution in [1.82, 2.24) is 0 Å². The van der Waals surface area contributed by atoms with Gasteiger partial charge >= 0.3 is 0 Å². The van der Waals surface area contributed by atoms with Crippen LogP contribution in [0.2, 0.25) is 0 Å². The maximum Gasteiger partial charge on any atom is -0.0389 e. The van der Waals surface area contributed by atoms with Crippen LogP contribution in [0.25, 0.3) is 0 Å². The molecule has 0 aromatic carbocycles. The highest BCUT2D eigenvalue weighted by molar-refractivity contribution is 4.72. The minimum absolute atomic E-state index is 0.817. The third-order valence-electron chi connectivity index (χ3n) is 4.43. The molecule has 4 atom stereocenters. The van der Waals surface area contributed by atoms with Gasteiger partial charge < -0.3 is 0 Å². The maximum atomic E-state index is 2.44. The monoisotopic (exact) mass is 226 g/mol. The molecule has 0 bridgehead atoms.